The van der Waals surface area contributed by atoms with Crippen molar-refractivity contribution in [2.24, 2.45) is 0 Å². The smallest absolute Gasteiger partial charge is 0.317 e. The molecule has 0 bridgehead atoms. The van der Waals surface area contributed by atoms with Crippen LogP contribution in [0.2, 0.25) is 0 Å². The van der Waals surface area contributed by atoms with Crippen molar-refractivity contribution in [3.8, 4) is 0 Å². The van der Waals surface area contributed by atoms with E-state index in [9.17, 15) is 9.59 Å². The first-order valence-electron chi connectivity index (χ1n) is 5.12. The minimum absolute atomic E-state index is 0.330. The van der Waals surface area contributed by atoms with Gasteiger partial charge in [-0.3, -0.25) is 4.79 Å². The molecule has 2 N–H and O–H groups in total. The molecule has 0 aliphatic heterocycles. The van der Waals surface area contributed by atoms with Crippen molar-refractivity contribution in [1.29, 1.82) is 0 Å². The highest BCUT2D eigenvalue weighted by atomic mass is 16.5. The van der Waals surface area contributed by atoms with Gasteiger partial charge in [0.2, 0.25) is 5.91 Å². The van der Waals surface area contributed by atoms with E-state index in [0.717, 1.165) is 0 Å². The Kier molecular flexibility index (Phi) is 4.08. The van der Waals surface area contributed by atoms with E-state index in [-0.39, 0.29) is 11.9 Å². The number of carbonyl (C=O) groups excluding carboxylic acids is 2. The molecule has 0 fully saturated rings. The fourth-order valence-electron chi connectivity index (χ4n) is 1.04. The van der Waals surface area contributed by atoms with E-state index in [0.29, 0.717) is 11.6 Å². The molecule has 1 rings (SSSR count). The van der Waals surface area contributed by atoms with Crippen molar-refractivity contribution in [2.45, 2.75) is 19.9 Å². The lowest BCUT2D eigenvalue weighted by Crippen LogP contribution is -2.45. The highest BCUT2D eigenvalue weighted by Gasteiger charge is 2.17. The number of nitrogens with one attached hydrogen (secondary N) is 2. The summed E-state index contributed by atoms with van der Waals surface area (Å²) in [6.45, 7) is 3.31. The third-order valence-corrected chi connectivity index (χ3v) is 2.02. The van der Waals surface area contributed by atoms with E-state index in [4.69, 9.17) is 4.52 Å². The molecule has 7 heteroatoms. The van der Waals surface area contributed by atoms with Crippen LogP contribution in [0.3, 0.4) is 0 Å². The van der Waals surface area contributed by atoms with Gasteiger partial charge in [-0.15, -0.1) is 0 Å². The van der Waals surface area contributed by atoms with Gasteiger partial charge in [0.15, 0.2) is 5.82 Å². The highest BCUT2D eigenvalue weighted by Crippen LogP contribution is 2.07. The second-order valence-corrected chi connectivity index (χ2v) is 3.88. The molecule has 0 unspecified atom stereocenters. The number of aryl methyl sites for hydroxylation is 1. The third-order valence-electron chi connectivity index (χ3n) is 2.02. The van der Waals surface area contributed by atoms with Crippen molar-refractivity contribution in [3.05, 3.63) is 11.8 Å². The van der Waals surface area contributed by atoms with Gasteiger partial charge >= 0.3 is 6.03 Å². The average molecular weight is 240 g/mol. The van der Waals surface area contributed by atoms with Gasteiger partial charge in [0, 0.05) is 20.2 Å². The molecule has 1 aromatic rings. The molecule has 1 heterocycles. The molecule has 0 aromatic carbocycles. The van der Waals surface area contributed by atoms with Crippen molar-refractivity contribution < 1.29 is 14.1 Å². The van der Waals surface area contributed by atoms with Crippen molar-refractivity contribution >= 4 is 17.8 Å². The van der Waals surface area contributed by atoms with Gasteiger partial charge in [0.25, 0.3) is 0 Å². The van der Waals surface area contributed by atoms with Crippen molar-refractivity contribution in [3.63, 3.8) is 0 Å². The zero-order chi connectivity index (χ0) is 13.0. The van der Waals surface area contributed by atoms with E-state index >= 15 is 0 Å². The molecule has 0 saturated heterocycles. The van der Waals surface area contributed by atoms with Crippen LogP contribution in [0.1, 0.15) is 12.7 Å². The molecule has 7 nitrogen and oxygen atoms in total. The number of amides is 3. The zero-order valence-corrected chi connectivity index (χ0v) is 10.3. The lowest BCUT2D eigenvalue weighted by molar-refractivity contribution is -0.117. The number of urea groups is 1. The molecule has 0 spiro atoms. The Hall–Kier alpha value is -2.05. The molecule has 94 valence electrons. The summed E-state index contributed by atoms with van der Waals surface area (Å²) in [5.41, 5.74) is 0. The normalized spacial score (nSPS) is 11.8. The minimum Gasteiger partial charge on any atom is -0.360 e. The second kappa shape index (κ2) is 5.33. The summed E-state index contributed by atoms with van der Waals surface area (Å²) in [5, 5.41) is 8.67. The summed E-state index contributed by atoms with van der Waals surface area (Å²) < 4.78 is 4.80. The first kappa shape index (κ1) is 13.0. The molecule has 1 atom stereocenters. The van der Waals surface area contributed by atoms with Crippen molar-refractivity contribution in [2.75, 3.05) is 19.4 Å². The van der Waals surface area contributed by atoms with E-state index in [2.05, 4.69) is 15.8 Å². The number of aromatic nitrogens is 1. The summed E-state index contributed by atoms with van der Waals surface area (Å²) in [5.74, 6) is 0.581. The maximum atomic E-state index is 11.7. The van der Waals surface area contributed by atoms with Gasteiger partial charge in [-0.05, 0) is 13.8 Å². The van der Waals surface area contributed by atoms with Crippen LogP contribution in [-0.4, -0.2) is 42.1 Å². The molecule has 0 aliphatic rings. The molecule has 1 aromatic heterocycles. The first-order chi connectivity index (χ1) is 7.90. The van der Waals surface area contributed by atoms with Crippen molar-refractivity contribution in [1.82, 2.24) is 15.4 Å². The molecule has 0 saturated carbocycles. The summed E-state index contributed by atoms with van der Waals surface area (Å²) in [4.78, 5) is 24.3. The average Bonchev–Trinajstić information content (AvgIpc) is 2.63. The Labute approximate surface area is 99.1 Å². The predicted octanol–water partition coefficient (Wildman–Crippen LogP) is 0.581. The van der Waals surface area contributed by atoms with Gasteiger partial charge in [-0.1, -0.05) is 5.16 Å². The highest BCUT2D eigenvalue weighted by molar-refractivity contribution is 5.95. The van der Waals surface area contributed by atoms with E-state index in [1.807, 2.05) is 0 Å². The Morgan fingerprint density at radius 1 is 1.47 bits per heavy atom. The van der Waals surface area contributed by atoms with Gasteiger partial charge in [-0.25, -0.2) is 4.79 Å². The van der Waals surface area contributed by atoms with Gasteiger partial charge in [0.1, 0.15) is 11.8 Å². The molecular weight excluding hydrogens is 224 g/mol. The lowest BCUT2D eigenvalue weighted by Gasteiger charge is -2.16. The maximum Gasteiger partial charge on any atom is 0.317 e. The Morgan fingerprint density at radius 2 is 2.12 bits per heavy atom. The first-order valence-corrected chi connectivity index (χ1v) is 5.12. The molecular formula is C10H16N4O3. The van der Waals surface area contributed by atoms with Crippen LogP contribution >= 0.6 is 0 Å². The van der Waals surface area contributed by atoms with Crippen LogP contribution in [0, 0.1) is 6.92 Å². The lowest BCUT2D eigenvalue weighted by atomic mass is 10.3. The number of carbonyl (C=O) groups is 2. The monoisotopic (exact) mass is 240 g/mol. The molecule has 0 radical (unpaired) electrons. The topological polar surface area (TPSA) is 87.5 Å². The van der Waals surface area contributed by atoms with Gasteiger partial charge in [-0.2, -0.15) is 0 Å². The van der Waals surface area contributed by atoms with Crippen LogP contribution in [0.5, 0.6) is 0 Å². The van der Waals surface area contributed by atoms with Crippen LogP contribution in [0.25, 0.3) is 0 Å². The number of nitrogens with zero attached hydrogens (tertiary/aromatic N) is 2. The van der Waals surface area contributed by atoms with Crippen LogP contribution in [-0.2, 0) is 4.79 Å². The number of anilines is 1. The number of hydrogen-bond donors (Lipinski definition) is 2. The fraction of sp³-hybridized carbons (Fsp3) is 0.500. The third kappa shape index (κ3) is 3.78. The summed E-state index contributed by atoms with van der Waals surface area (Å²) in [6.07, 6.45) is 0. The van der Waals surface area contributed by atoms with Gasteiger partial charge in [0.05, 0.1) is 0 Å². The SMILES string of the molecule is Cc1cc(NC(=O)[C@@H](C)NC(=O)N(C)C)no1. The Balaban J connectivity index is 2.50. The standard InChI is InChI=1S/C10H16N4O3/c1-6-5-8(13-17-6)12-9(15)7(2)11-10(16)14(3)4/h5,7H,1-4H3,(H,11,16)(H,12,13,15)/t7-/m1/s1. The summed E-state index contributed by atoms with van der Waals surface area (Å²) >= 11 is 0. The van der Waals surface area contributed by atoms with E-state index < -0.39 is 6.04 Å². The number of rotatable bonds is 3. The maximum absolute atomic E-state index is 11.7. The quantitative estimate of drug-likeness (QED) is 0.809. The summed E-state index contributed by atoms with van der Waals surface area (Å²) in [7, 11) is 3.20. The number of hydrogen-bond acceptors (Lipinski definition) is 4. The largest absolute Gasteiger partial charge is 0.360 e. The zero-order valence-electron chi connectivity index (χ0n) is 10.3. The van der Waals surface area contributed by atoms with Crippen LogP contribution < -0.4 is 10.6 Å². The minimum atomic E-state index is -0.651. The van der Waals surface area contributed by atoms with E-state index in [1.54, 1.807) is 34.0 Å². The Morgan fingerprint density at radius 3 is 2.59 bits per heavy atom. The molecule has 17 heavy (non-hydrogen) atoms. The fourth-order valence-corrected chi connectivity index (χ4v) is 1.04. The van der Waals surface area contributed by atoms with Gasteiger partial charge < -0.3 is 20.1 Å². The Bertz CT molecular complexity index is 413. The molecule has 0 aliphatic carbocycles. The predicted molar refractivity (Wildman–Crippen MR) is 61.6 cm³/mol. The van der Waals surface area contributed by atoms with Crippen LogP contribution in [0.15, 0.2) is 10.6 Å². The van der Waals surface area contributed by atoms with E-state index in [1.165, 1.54) is 4.90 Å². The van der Waals surface area contributed by atoms with Crippen LogP contribution in [0.4, 0.5) is 10.6 Å². The second-order valence-electron chi connectivity index (χ2n) is 3.88. The molecule has 3 amide bonds. The summed E-state index contributed by atoms with van der Waals surface area (Å²) in [6, 6.07) is 0.615.